The molecule has 5 heteroatoms. The fourth-order valence-electron chi connectivity index (χ4n) is 1.77. The Bertz CT molecular complexity index is 636. The van der Waals surface area contributed by atoms with Crippen molar-refractivity contribution in [2.45, 2.75) is 6.54 Å². The fourth-order valence-corrected chi connectivity index (χ4v) is 2.08. The Labute approximate surface area is 113 Å². The summed E-state index contributed by atoms with van der Waals surface area (Å²) in [5.74, 6) is 0. The quantitative estimate of drug-likeness (QED) is 0.874. The predicted molar refractivity (Wildman–Crippen MR) is 74.9 cm³/mol. The lowest BCUT2D eigenvalue weighted by atomic mass is 10.0. The predicted octanol–water partition coefficient (Wildman–Crippen LogP) is 2.59. The molecule has 2 aromatic carbocycles. The average Bonchev–Trinajstić information content (AvgIpc) is 2.39. The zero-order chi connectivity index (χ0) is 13.9. The van der Waals surface area contributed by atoms with Crippen LogP contribution in [0.3, 0.4) is 0 Å². The van der Waals surface area contributed by atoms with Gasteiger partial charge in [0.25, 0.3) is 0 Å². The largest absolute Gasteiger partial charge is 0.335 e. The molecule has 0 aliphatic rings. The molecule has 1 N–H and O–H groups in total. The van der Waals surface area contributed by atoms with E-state index in [1.165, 1.54) is 7.05 Å². The van der Waals surface area contributed by atoms with Gasteiger partial charge in [-0.15, -0.1) is 0 Å². The number of rotatable bonds is 4. The molecule has 2 aromatic rings. The topological polar surface area (TPSA) is 57.6 Å². The third kappa shape index (κ3) is 3.64. The van der Waals surface area contributed by atoms with Crippen molar-refractivity contribution in [3.8, 4) is 11.1 Å². The van der Waals surface area contributed by atoms with Gasteiger partial charge in [0.2, 0.25) is 0 Å². The maximum Gasteiger partial charge on any atom is 0.335 e. The van der Waals surface area contributed by atoms with Crippen LogP contribution in [-0.4, -0.2) is 24.3 Å². The van der Waals surface area contributed by atoms with Crippen LogP contribution in [0.2, 0.25) is 0 Å². The van der Waals surface area contributed by atoms with Crippen LogP contribution >= 0.6 is 0 Å². The van der Waals surface area contributed by atoms with Crippen LogP contribution in [0.1, 0.15) is 5.56 Å². The number of hydrogen-bond donors (Lipinski definition) is 1. The van der Waals surface area contributed by atoms with Crippen LogP contribution in [0.15, 0.2) is 54.6 Å². The number of hydrogen-bond acceptors (Lipinski definition) is 2. The molecule has 0 aliphatic carbocycles. The van der Waals surface area contributed by atoms with Gasteiger partial charge in [-0.2, -0.15) is 12.7 Å². The molecule has 0 amide bonds. The molecule has 100 valence electrons. The standard InChI is InChI=1S/C14H15NO3S/c1-15(19(16,17)18)11-12-7-9-14(10-8-12)13-5-3-2-4-6-13/h2-10H,11H2,1H3,(H,16,17,18). The van der Waals surface area contributed by atoms with Crippen molar-refractivity contribution in [1.82, 2.24) is 4.31 Å². The average molecular weight is 277 g/mol. The van der Waals surface area contributed by atoms with E-state index in [0.29, 0.717) is 0 Å². The van der Waals surface area contributed by atoms with Gasteiger partial charge < -0.3 is 0 Å². The van der Waals surface area contributed by atoms with Crippen LogP contribution in [-0.2, 0) is 16.8 Å². The molecule has 0 saturated carbocycles. The summed E-state index contributed by atoms with van der Waals surface area (Å²) in [7, 11) is -2.80. The summed E-state index contributed by atoms with van der Waals surface area (Å²) in [6.07, 6.45) is 0. The molecule has 0 atom stereocenters. The van der Waals surface area contributed by atoms with E-state index in [1.54, 1.807) is 0 Å². The van der Waals surface area contributed by atoms with Crippen molar-refractivity contribution in [1.29, 1.82) is 0 Å². The Balaban J connectivity index is 2.16. The normalized spacial score (nSPS) is 11.7. The van der Waals surface area contributed by atoms with Crippen molar-refractivity contribution in [3.05, 3.63) is 60.2 Å². The number of benzene rings is 2. The molecule has 0 saturated heterocycles. The summed E-state index contributed by atoms with van der Waals surface area (Å²) in [6, 6.07) is 17.5. The molecule has 0 bridgehead atoms. The molecule has 0 aliphatic heterocycles. The van der Waals surface area contributed by atoms with Gasteiger partial charge in [0, 0.05) is 13.6 Å². The van der Waals surface area contributed by atoms with E-state index in [2.05, 4.69) is 0 Å². The lowest BCUT2D eigenvalue weighted by Crippen LogP contribution is -2.25. The third-order valence-electron chi connectivity index (χ3n) is 2.86. The summed E-state index contributed by atoms with van der Waals surface area (Å²) < 4.78 is 31.6. The second-order valence-corrected chi connectivity index (χ2v) is 5.82. The first kappa shape index (κ1) is 13.7. The minimum Gasteiger partial charge on any atom is -0.273 e. The molecule has 0 unspecified atom stereocenters. The summed E-state index contributed by atoms with van der Waals surface area (Å²) in [5.41, 5.74) is 3.00. The Morgan fingerprint density at radius 1 is 0.947 bits per heavy atom. The minimum absolute atomic E-state index is 0.147. The van der Waals surface area contributed by atoms with Gasteiger partial charge in [0.1, 0.15) is 0 Å². The molecule has 19 heavy (non-hydrogen) atoms. The highest BCUT2D eigenvalue weighted by Gasteiger charge is 2.13. The first-order valence-electron chi connectivity index (χ1n) is 5.80. The Kier molecular flexibility index (Phi) is 3.99. The Morgan fingerprint density at radius 2 is 1.47 bits per heavy atom. The zero-order valence-corrected chi connectivity index (χ0v) is 11.3. The van der Waals surface area contributed by atoms with E-state index in [1.807, 2.05) is 54.6 Å². The molecular formula is C14H15NO3S. The Hall–Kier alpha value is -1.69. The minimum atomic E-state index is -4.13. The second kappa shape index (κ2) is 5.52. The summed E-state index contributed by atoms with van der Waals surface area (Å²) in [4.78, 5) is 0. The second-order valence-electron chi connectivity index (χ2n) is 4.30. The van der Waals surface area contributed by atoms with E-state index >= 15 is 0 Å². The van der Waals surface area contributed by atoms with Gasteiger partial charge in [-0.05, 0) is 16.7 Å². The monoisotopic (exact) mass is 277 g/mol. The Morgan fingerprint density at radius 3 is 2.00 bits per heavy atom. The summed E-state index contributed by atoms with van der Waals surface area (Å²) in [6.45, 7) is 0.147. The van der Waals surface area contributed by atoms with Crippen molar-refractivity contribution in [3.63, 3.8) is 0 Å². The van der Waals surface area contributed by atoms with E-state index < -0.39 is 10.3 Å². The van der Waals surface area contributed by atoms with Crippen molar-refractivity contribution in [2.24, 2.45) is 0 Å². The number of nitrogens with zero attached hydrogens (tertiary/aromatic N) is 1. The van der Waals surface area contributed by atoms with Gasteiger partial charge in [-0.3, -0.25) is 4.55 Å². The van der Waals surface area contributed by atoms with Crippen LogP contribution in [0.4, 0.5) is 0 Å². The molecule has 0 fully saturated rings. The fraction of sp³-hybridized carbons (Fsp3) is 0.143. The molecule has 4 nitrogen and oxygen atoms in total. The maximum atomic E-state index is 10.9. The molecular weight excluding hydrogens is 262 g/mol. The SMILES string of the molecule is CN(Cc1ccc(-c2ccccc2)cc1)S(=O)(=O)O. The van der Waals surface area contributed by atoms with E-state index in [0.717, 1.165) is 21.0 Å². The van der Waals surface area contributed by atoms with Gasteiger partial charge in [0.15, 0.2) is 0 Å². The summed E-state index contributed by atoms with van der Waals surface area (Å²) >= 11 is 0. The van der Waals surface area contributed by atoms with Gasteiger partial charge in [-0.25, -0.2) is 0 Å². The molecule has 0 heterocycles. The van der Waals surface area contributed by atoms with Crippen LogP contribution in [0.25, 0.3) is 11.1 Å². The highest BCUT2D eigenvalue weighted by molar-refractivity contribution is 7.83. The van der Waals surface area contributed by atoms with E-state index in [-0.39, 0.29) is 6.54 Å². The van der Waals surface area contributed by atoms with Crippen molar-refractivity contribution in [2.75, 3.05) is 7.05 Å². The van der Waals surface area contributed by atoms with Crippen LogP contribution in [0, 0.1) is 0 Å². The molecule has 0 radical (unpaired) electrons. The third-order valence-corrected chi connectivity index (χ3v) is 3.78. The van der Waals surface area contributed by atoms with Crippen molar-refractivity contribution >= 4 is 10.3 Å². The van der Waals surface area contributed by atoms with E-state index in [9.17, 15) is 8.42 Å². The summed E-state index contributed by atoms with van der Waals surface area (Å²) in [5, 5.41) is 0. The molecule has 0 aromatic heterocycles. The molecule has 0 spiro atoms. The smallest absolute Gasteiger partial charge is 0.273 e. The molecule has 2 rings (SSSR count). The highest BCUT2D eigenvalue weighted by Crippen LogP contribution is 2.19. The van der Waals surface area contributed by atoms with Crippen LogP contribution < -0.4 is 0 Å². The maximum absolute atomic E-state index is 10.9. The zero-order valence-electron chi connectivity index (χ0n) is 10.5. The first-order chi connectivity index (χ1) is 8.97. The van der Waals surface area contributed by atoms with Gasteiger partial charge in [0.05, 0.1) is 0 Å². The van der Waals surface area contributed by atoms with Gasteiger partial charge in [-0.1, -0.05) is 54.6 Å². The van der Waals surface area contributed by atoms with E-state index in [4.69, 9.17) is 4.55 Å². The van der Waals surface area contributed by atoms with Gasteiger partial charge >= 0.3 is 10.3 Å². The highest BCUT2D eigenvalue weighted by atomic mass is 32.2. The first-order valence-corrected chi connectivity index (χ1v) is 7.19. The lowest BCUT2D eigenvalue weighted by molar-refractivity contribution is 0.384. The van der Waals surface area contributed by atoms with Crippen molar-refractivity contribution < 1.29 is 13.0 Å². The lowest BCUT2D eigenvalue weighted by Gasteiger charge is -2.12. The van der Waals surface area contributed by atoms with Crippen LogP contribution in [0.5, 0.6) is 0 Å².